The molecule has 2 rings (SSSR count). The van der Waals surface area contributed by atoms with Gasteiger partial charge < -0.3 is 14.8 Å². The summed E-state index contributed by atoms with van der Waals surface area (Å²) in [6, 6.07) is 12.6. The van der Waals surface area contributed by atoms with E-state index in [1.54, 1.807) is 12.1 Å². The molecule has 0 fully saturated rings. The Balaban J connectivity index is 1.78. The van der Waals surface area contributed by atoms with Crippen molar-refractivity contribution in [1.82, 2.24) is 5.32 Å². The van der Waals surface area contributed by atoms with Gasteiger partial charge in [-0.2, -0.15) is 8.78 Å². The molecule has 0 unspecified atom stereocenters. The number of hydrogen-bond donors (Lipinski definition) is 1. The normalized spacial score (nSPS) is 10.5. The SMILES string of the molecule is O=C(COC(=O)c1ccccc1OC(F)F)NCCc1ccc(Cl)cc1. The average Bonchev–Trinajstić information content (AvgIpc) is 2.61. The first-order valence-corrected chi connectivity index (χ1v) is 8.05. The van der Waals surface area contributed by atoms with Crippen molar-refractivity contribution in [1.29, 1.82) is 0 Å². The van der Waals surface area contributed by atoms with E-state index in [0.29, 0.717) is 18.0 Å². The zero-order valence-corrected chi connectivity index (χ0v) is 14.3. The number of rotatable bonds is 8. The maximum Gasteiger partial charge on any atom is 0.387 e. The lowest BCUT2D eigenvalue weighted by Gasteiger charge is -2.10. The fraction of sp³-hybridized carbons (Fsp3) is 0.222. The Labute approximate surface area is 153 Å². The lowest BCUT2D eigenvalue weighted by molar-refractivity contribution is -0.124. The summed E-state index contributed by atoms with van der Waals surface area (Å²) >= 11 is 5.79. The summed E-state index contributed by atoms with van der Waals surface area (Å²) in [5, 5.41) is 3.22. The third-order valence-electron chi connectivity index (χ3n) is 3.31. The van der Waals surface area contributed by atoms with Crippen molar-refractivity contribution in [3.63, 3.8) is 0 Å². The highest BCUT2D eigenvalue weighted by atomic mass is 35.5. The smallest absolute Gasteiger partial charge is 0.387 e. The van der Waals surface area contributed by atoms with Gasteiger partial charge in [-0.3, -0.25) is 4.79 Å². The van der Waals surface area contributed by atoms with E-state index in [-0.39, 0.29) is 11.3 Å². The van der Waals surface area contributed by atoms with E-state index in [0.717, 1.165) is 5.56 Å². The van der Waals surface area contributed by atoms with Gasteiger partial charge in [0.15, 0.2) is 6.61 Å². The molecule has 0 radical (unpaired) electrons. The molecular formula is C18H16ClF2NO4. The van der Waals surface area contributed by atoms with Crippen molar-refractivity contribution in [2.45, 2.75) is 13.0 Å². The van der Waals surface area contributed by atoms with Crippen molar-refractivity contribution in [2.75, 3.05) is 13.2 Å². The number of carbonyl (C=O) groups excluding carboxylic acids is 2. The molecule has 0 saturated heterocycles. The molecule has 0 aliphatic heterocycles. The monoisotopic (exact) mass is 383 g/mol. The number of alkyl halides is 2. The van der Waals surface area contributed by atoms with Gasteiger partial charge in [0.1, 0.15) is 11.3 Å². The molecule has 0 aromatic heterocycles. The van der Waals surface area contributed by atoms with Gasteiger partial charge in [-0.05, 0) is 36.2 Å². The number of hydrogen-bond acceptors (Lipinski definition) is 4. The largest absolute Gasteiger partial charge is 0.452 e. The lowest BCUT2D eigenvalue weighted by atomic mass is 10.1. The first kappa shape index (κ1) is 19.7. The molecule has 2 aromatic rings. The van der Waals surface area contributed by atoms with Crippen molar-refractivity contribution in [3.8, 4) is 5.75 Å². The van der Waals surface area contributed by atoms with Gasteiger partial charge in [0.25, 0.3) is 5.91 Å². The third-order valence-corrected chi connectivity index (χ3v) is 3.56. The van der Waals surface area contributed by atoms with Crippen molar-refractivity contribution >= 4 is 23.5 Å². The summed E-state index contributed by atoms with van der Waals surface area (Å²) in [6.45, 7) is -3.24. The van der Waals surface area contributed by atoms with E-state index < -0.39 is 25.1 Å². The zero-order valence-electron chi connectivity index (χ0n) is 13.6. The molecule has 0 bridgehead atoms. The number of carbonyl (C=O) groups is 2. The molecule has 1 amide bonds. The molecule has 0 spiro atoms. The van der Waals surface area contributed by atoms with E-state index in [1.165, 1.54) is 24.3 Å². The lowest BCUT2D eigenvalue weighted by Crippen LogP contribution is -2.30. The molecule has 8 heteroatoms. The average molecular weight is 384 g/mol. The first-order valence-electron chi connectivity index (χ1n) is 7.68. The fourth-order valence-corrected chi connectivity index (χ4v) is 2.22. The van der Waals surface area contributed by atoms with Crippen LogP contribution in [0.15, 0.2) is 48.5 Å². The second kappa shape index (κ2) is 9.72. The molecular weight excluding hydrogens is 368 g/mol. The van der Waals surface area contributed by atoms with Crippen LogP contribution in [0.2, 0.25) is 5.02 Å². The highest BCUT2D eigenvalue weighted by Crippen LogP contribution is 2.21. The summed E-state index contributed by atoms with van der Waals surface area (Å²) in [5.41, 5.74) is 0.812. The summed E-state index contributed by atoms with van der Waals surface area (Å²) < 4.78 is 33.8. The molecule has 1 N–H and O–H groups in total. The van der Waals surface area contributed by atoms with Gasteiger partial charge in [-0.25, -0.2) is 4.79 Å². The Morgan fingerprint density at radius 2 is 1.77 bits per heavy atom. The molecule has 2 aromatic carbocycles. The molecule has 0 heterocycles. The number of nitrogens with one attached hydrogen (secondary N) is 1. The van der Waals surface area contributed by atoms with Crippen LogP contribution in [-0.4, -0.2) is 31.6 Å². The van der Waals surface area contributed by atoms with E-state index in [1.807, 2.05) is 12.1 Å². The fourth-order valence-electron chi connectivity index (χ4n) is 2.09. The van der Waals surface area contributed by atoms with Crippen molar-refractivity contribution in [3.05, 3.63) is 64.7 Å². The number of amides is 1. The van der Waals surface area contributed by atoms with Gasteiger partial charge in [-0.1, -0.05) is 35.9 Å². The van der Waals surface area contributed by atoms with Gasteiger partial charge in [0.2, 0.25) is 0 Å². The number of para-hydroxylation sites is 1. The summed E-state index contributed by atoms with van der Waals surface area (Å²) in [7, 11) is 0. The highest BCUT2D eigenvalue weighted by Gasteiger charge is 2.17. The van der Waals surface area contributed by atoms with Gasteiger partial charge >= 0.3 is 12.6 Å². The predicted octanol–water partition coefficient (Wildman–Crippen LogP) is 3.46. The minimum absolute atomic E-state index is 0.179. The van der Waals surface area contributed by atoms with Crippen LogP contribution in [0.5, 0.6) is 5.75 Å². The van der Waals surface area contributed by atoms with Crippen LogP contribution < -0.4 is 10.1 Å². The topological polar surface area (TPSA) is 64.6 Å². The Kier molecular flexibility index (Phi) is 7.35. The van der Waals surface area contributed by atoms with Crippen LogP contribution in [0.1, 0.15) is 15.9 Å². The van der Waals surface area contributed by atoms with E-state index in [9.17, 15) is 18.4 Å². The second-order valence-electron chi connectivity index (χ2n) is 5.18. The number of ether oxygens (including phenoxy) is 2. The van der Waals surface area contributed by atoms with Crippen molar-refractivity contribution < 1.29 is 27.8 Å². The maximum absolute atomic E-state index is 12.3. The van der Waals surface area contributed by atoms with Gasteiger partial charge in [0, 0.05) is 11.6 Å². The Morgan fingerprint density at radius 1 is 1.08 bits per heavy atom. The van der Waals surface area contributed by atoms with Gasteiger partial charge in [-0.15, -0.1) is 0 Å². The van der Waals surface area contributed by atoms with Crippen LogP contribution in [0, 0.1) is 0 Å². The molecule has 5 nitrogen and oxygen atoms in total. The summed E-state index contributed by atoms with van der Waals surface area (Å²) in [5.74, 6) is -1.73. The Bertz CT molecular complexity index is 753. The third kappa shape index (κ3) is 6.33. The van der Waals surface area contributed by atoms with Crippen LogP contribution in [0.4, 0.5) is 8.78 Å². The van der Waals surface area contributed by atoms with Crippen LogP contribution in [0.25, 0.3) is 0 Å². The van der Waals surface area contributed by atoms with E-state index in [2.05, 4.69) is 10.1 Å². The molecule has 0 atom stereocenters. The number of benzene rings is 2. The minimum Gasteiger partial charge on any atom is -0.452 e. The number of esters is 1. The second-order valence-corrected chi connectivity index (χ2v) is 5.61. The highest BCUT2D eigenvalue weighted by molar-refractivity contribution is 6.30. The molecule has 0 saturated carbocycles. The molecule has 0 aliphatic rings. The first-order chi connectivity index (χ1) is 12.5. The van der Waals surface area contributed by atoms with Crippen molar-refractivity contribution in [2.24, 2.45) is 0 Å². The minimum atomic E-state index is -3.07. The summed E-state index contributed by atoms with van der Waals surface area (Å²) in [6.07, 6.45) is 0.585. The molecule has 138 valence electrons. The Morgan fingerprint density at radius 3 is 2.46 bits per heavy atom. The quantitative estimate of drug-likeness (QED) is 0.709. The number of halogens is 3. The zero-order chi connectivity index (χ0) is 18.9. The summed E-state index contributed by atoms with van der Waals surface area (Å²) in [4.78, 5) is 23.7. The van der Waals surface area contributed by atoms with Crippen LogP contribution >= 0.6 is 11.6 Å². The Hall–Kier alpha value is -2.67. The van der Waals surface area contributed by atoms with Crippen LogP contribution in [-0.2, 0) is 16.0 Å². The van der Waals surface area contributed by atoms with E-state index in [4.69, 9.17) is 16.3 Å². The maximum atomic E-state index is 12.3. The molecule has 0 aliphatic carbocycles. The standard InChI is InChI=1S/C18H16ClF2NO4/c19-13-7-5-12(6-8-13)9-10-22-16(23)11-25-17(24)14-3-1-2-4-15(14)26-18(20)21/h1-8,18H,9-11H2,(H,22,23). The van der Waals surface area contributed by atoms with Crippen LogP contribution in [0.3, 0.4) is 0 Å². The predicted molar refractivity (Wildman–Crippen MR) is 91.5 cm³/mol. The van der Waals surface area contributed by atoms with E-state index >= 15 is 0 Å². The molecule has 26 heavy (non-hydrogen) atoms. The van der Waals surface area contributed by atoms with Gasteiger partial charge in [0.05, 0.1) is 0 Å².